The van der Waals surface area contributed by atoms with Crippen molar-refractivity contribution in [3.05, 3.63) is 29.6 Å². The fourth-order valence-electron chi connectivity index (χ4n) is 1.42. The molecular weight excluding hydrogens is 134 g/mol. The standard InChI is InChI=1S/C10H13N/c1-8-5-6-10(11-7-8)9-3-2-4-9/h5-7,9H,2-4H2,1H3. The van der Waals surface area contributed by atoms with Crippen molar-refractivity contribution in [1.82, 2.24) is 4.98 Å². The van der Waals surface area contributed by atoms with Gasteiger partial charge >= 0.3 is 0 Å². The maximum absolute atomic E-state index is 4.40. The van der Waals surface area contributed by atoms with Gasteiger partial charge in [0.25, 0.3) is 0 Å². The Balaban J connectivity index is 2.18. The Labute approximate surface area is 67.5 Å². The molecule has 1 heteroatoms. The van der Waals surface area contributed by atoms with Gasteiger partial charge in [-0.25, -0.2) is 0 Å². The zero-order valence-electron chi connectivity index (χ0n) is 6.88. The van der Waals surface area contributed by atoms with Crippen LogP contribution in [0.4, 0.5) is 0 Å². The van der Waals surface area contributed by atoms with Gasteiger partial charge < -0.3 is 0 Å². The van der Waals surface area contributed by atoms with E-state index in [-0.39, 0.29) is 0 Å². The van der Waals surface area contributed by atoms with Crippen LogP contribution in [0.1, 0.15) is 36.4 Å². The molecule has 0 atom stereocenters. The normalized spacial score (nSPS) is 17.9. The Morgan fingerprint density at radius 1 is 1.36 bits per heavy atom. The number of hydrogen-bond acceptors (Lipinski definition) is 1. The van der Waals surface area contributed by atoms with Gasteiger partial charge in [0, 0.05) is 17.8 Å². The summed E-state index contributed by atoms with van der Waals surface area (Å²) in [5.74, 6) is 0.774. The molecule has 58 valence electrons. The summed E-state index contributed by atoms with van der Waals surface area (Å²) in [6, 6.07) is 4.32. The van der Waals surface area contributed by atoms with E-state index < -0.39 is 0 Å². The van der Waals surface area contributed by atoms with Crippen LogP contribution < -0.4 is 0 Å². The van der Waals surface area contributed by atoms with Crippen LogP contribution in [0.3, 0.4) is 0 Å². The lowest BCUT2D eigenvalue weighted by Gasteiger charge is -2.24. The molecule has 0 aliphatic heterocycles. The Morgan fingerprint density at radius 2 is 2.18 bits per heavy atom. The van der Waals surface area contributed by atoms with E-state index in [9.17, 15) is 0 Å². The molecule has 0 radical (unpaired) electrons. The van der Waals surface area contributed by atoms with E-state index in [0.717, 1.165) is 5.92 Å². The van der Waals surface area contributed by atoms with Gasteiger partial charge in [-0.05, 0) is 31.4 Å². The van der Waals surface area contributed by atoms with Crippen LogP contribution in [-0.4, -0.2) is 4.98 Å². The van der Waals surface area contributed by atoms with Crippen molar-refractivity contribution in [2.45, 2.75) is 32.1 Å². The SMILES string of the molecule is Cc1ccc(C2CCC2)nc1. The number of hydrogen-bond donors (Lipinski definition) is 0. The lowest BCUT2D eigenvalue weighted by molar-refractivity contribution is 0.411. The molecule has 0 unspecified atom stereocenters. The van der Waals surface area contributed by atoms with Crippen molar-refractivity contribution >= 4 is 0 Å². The number of aryl methyl sites for hydroxylation is 1. The molecule has 0 N–H and O–H groups in total. The largest absolute Gasteiger partial charge is 0.261 e. The summed E-state index contributed by atoms with van der Waals surface area (Å²) in [5.41, 5.74) is 2.55. The second-order valence-electron chi connectivity index (χ2n) is 3.39. The van der Waals surface area contributed by atoms with Crippen LogP contribution in [0.2, 0.25) is 0 Å². The highest BCUT2D eigenvalue weighted by Gasteiger charge is 2.19. The van der Waals surface area contributed by atoms with Crippen LogP contribution in [0.5, 0.6) is 0 Å². The summed E-state index contributed by atoms with van der Waals surface area (Å²) in [5, 5.41) is 0. The number of rotatable bonds is 1. The van der Waals surface area contributed by atoms with E-state index in [0.29, 0.717) is 0 Å². The van der Waals surface area contributed by atoms with E-state index in [1.165, 1.54) is 30.5 Å². The third-order valence-electron chi connectivity index (χ3n) is 2.46. The Hall–Kier alpha value is -0.850. The predicted molar refractivity (Wildman–Crippen MR) is 45.6 cm³/mol. The summed E-state index contributed by atoms with van der Waals surface area (Å²) in [6.07, 6.45) is 6.04. The van der Waals surface area contributed by atoms with E-state index in [2.05, 4.69) is 24.0 Å². The van der Waals surface area contributed by atoms with Crippen LogP contribution in [0.25, 0.3) is 0 Å². The van der Waals surface area contributed by atoms with Gasteiger partial charge in [-0.2, -0.15) is 0 Å². The van der Waals surface area contributed by atoms with Crippen LogP contribution >= 0.6 is 0 Å². The quantitative estimate of drug-likeness (QED) is 0.595. The second kappa shape index (κ2) is 2.65. The van der Waals surface area contributed by atoms with Gasteiger partial charge in [-0.1, -0.05) is 12.5 Å². The topological polar surface area (TPSA) is 12.9 Å². The van der Waals surface area contributed by atoms with Crippen molar-refractivity contribution in [2.24, 2.45) is 0 Å². The van der Waals surface area contributed by atoms with E-state index >= 15 is 0 Å². The molecule has 0 saturated heterocycles. The first kappa shape index (κ1) is 6.84. The highest BCUT2D eigenvalue weighted by molar-refractivity contribution is 5.16. The molecule has 0 bridgehead atoms. The van der Waals surface area contributed by atoms with Crippen molar-refractivity contribution in [1.29, 1.82) is 0 Å². The lowest BCUT2D eigenvalue weighted by atomic mass is 9.83. The smallest absolute Gasteiger partial charge is 0.0434 e. The maximum Gasteiger partial charge on any atom is 0.0434 e. The predicted octanol–water partition coefficient (Wildman–Crippen LogP) is 2.66. The molecular formula is C10H13N. The zero-order valence-corrected chi connectivity index (χ0v) is 6.88. The Kier molecular flexibility index (Phi) is 1.65. The molecule has 1 aromatic rings. The number of nitrogens with zero attached hydrogens (tertiary/aromatic N) is 1. The molecule has 11 heavy (non-hydrogen) atoms. The minimum atomic E-state index is 0.774. The third-order valence-corrected chi connectivity index (χ3v) is 2.46. The molecule has 1 aliphatic rings. The van der Waals surface area contributed by atoms with Crippen molar-refractivity contribution in [3.8, 4) is 0 Å². The number of aromatic nitrogens is 1. The van der Waals surface area contributed by atoms with Gasteiger partial charge in [0.1, 0.15) is 0 Å². The molecule has 1 fully saturated rings. The zero-order chi connectivity index (χ0) is 7.68. The maximum atomic E-state index is 4.40. The average Bonchev–Trinajstić information content (AvgIpc) is 1.90. The number of pyridine rings is 1. The summed E-state index contributed by atoms with van der Waals surface area (Å²) in [4.78, 5) is 4.40. The van der Waals surface area contributed by atoms with Crippen molar-refractivity contribution in [2.75, 3.05) is 0 Å². The molecule has 1 saturated carbocycles. The first-order valence-electron chi connectivity index (χ1n) is 4.29. The Bertz CT molecular complexity index is 234. The highest BCUT2D eigenvalue weighted by atomic mass is 14.7. The molecule has 0 amide bonds. The summed E-state index contributed by atoms with van der Waals surface area (Å²) in [7, 11) is 0. The van der Waals surface area contributed by atoms with Crippen LogP contribution in [-0.2, 0) is 0 Å². The van der Waals surface area contributed by atoms with Gasteiger partial charge in [-0.3, -0.25) is 4.98 Å². The van der Waals surface area contributed by atoms with Gasteiger partial charge in [0.15, 0.2) is 0 Å². The lowest BCUT2D eigenvalue weighted by Crippen LogP contribution is -2.10. The molecule has 1 nitrogen and oxygen atoms in total. The van der Waals surface area contributed by atoms with Gasteiger partial charge in [-0.15, -0.1) is 0 Å². The summed E-state index contributed by atoms with van der Waals surface area (Å²) in [6.45, 7) is 2.08. The average molecular weight is 147 g/mol. The summed E-state index contributed by atoms with van der Waals surface area (Å²) < 4.78 is 0. The minimum Gasteiger partial charge on any atom is -0.261 e. The second-order valence-corrected chi connectivity index (χ2v) is 3.39. The molecule has 1 aliphatic carbocycles. The van der Waals surface area contributed by atoms with Crippen molar-refractivity contribution in [3.63, 3.8) is 0 Å². The van der Waals surface area contributed by atoms with E-state index in [1.807, 2.05) is 6.20 Å². The molecule has 0 spiro atoms. The minimum absolute atomic E-state index is 0.774. The third kappa shape index (κ3) is 1.28. The molecule has 1 aromatic heterocycles. The first-order valence-corrected chi connectivity index (χ1v) is 4.29. The van der Waals surface area contributed by atoms with Gasteiger partial charge in [0.2, 0.25) is 0 Å². The summed E-state index contributed by atoms with van der Waals surface area (Å²) >= 11 is 0. The van der Waals surface area contributed by atoms with Crippen LogP contribution in [0.15, 0.2) is 18.3 Å². The van der Waals surface area contributed by atoms with Crippen molar-refractivity contribution < 1.29 is 0 Å². The van der Waals surface area contributed by atoms with Gasteiger partial charge in [0.05, 0.1) is 0 Å². The first-order chi connectivity index (χ1) is 5.36. The van der Waals surface area contributed by atoms with E-state index in [1.54, 1.807) is 0 Å². The fourth-order valence-corrected chi connectivity index (χ4v) is 1.42. The molecule has 1 heterocycles. The Morgan fingerprint density at radius 3 is 2.64 bits per heavy atom. The molecule has 0 aromatic carbocycles. The molecule has 2 rings (SSSR count). The van der Waals surface area contributed by atoms with E-state index in [4.69, 9.17) is 0 Å². The monoisotopic (exact) mass is 147 g/mol. The fraction of sp³-hybridized carbons (Fsp3) is 0.500. The highest BCUT2D eigenvalue weighted by Crippen LogP contribution is 2.34. The van der Waals surface area contributed by atoms with Crippen LogP contribution in [0, 0.1) is 6.92 Å².